The van der Waals surface area contributed by atoms with E-state index in [4.69, 9.17) is 4.74 Å². The van der Waals surface area contributed by atoms with Gasteiger partial charge < -0.3 is 10.1 Å². The van der Waals surface area contributed by atoms with E-state index in [1.807, 2.05) is 12.1 Å². The molecule has 6 heteroatoms. The van der Waals surface area contributed by atoms with Crippen molar-refractivity contribution in [1.29, 1.82) is 0 Å². The lowest BCUT2D eigenvalue weighted by Gasteiger charge is -2.22. The molecular formula is C16H26N2O3S. The van der Waals surface area contributed by atoms with Crippen LogP contribution in [-0.4, -0.2) is 41.8 Å². The van der Waals surface area contributed by atoms with Gasteiger partial charge in [0.1, 0.15) is 0 Å². The van der Waals surface area contributed by atoms with E-state index in [0.29, 0.717) is 30.4 Å². The Morgan fingerprint density at radius 2 is 1.91 bits per heavy atom. The fourth-order valence-corrected chi connectivity index (χ4v) is 3.80. The second-order valence-corrected chi connectivity index (χ2v) is 7.55. The molecule has 1 saturated heterocycles. The third-order valence-corrected chi connectivity index (χ3v) is 5.51. The van der Waals surface area contributed by atoms with Crippen molar-refractivity contribution in [3.05, 3.63) is 29.8 Å². The molecule has 1 aromatic carbocycles. The maximum atomic E-state index is 12.1. The summed E-state index contributed by atoms with van der Waals surface area (Å²) in [6, 6.07) is 7.28. The van der Waals surface area contributed by atoms with Crippen molar-refractivity contribution in [1.82, 2.24) is 10.0 Å². The largest absolute Gasteiger partial charge is 0.385 e. The normalized spacial score (nSPS) is 16.8. The lowest BCUT2D eigenvalue weighted by atomic mass is 9.91. The van der Waals surface area contributed by atoms with Crippen LogP contribution >= 0.6 is 0 Å². The van der Waals surface area contributed by atoms with E-state index in [0.717, 1.165) is 19.5 Å². The summed E-state index contributed by atoms with van der Waals surface area (Å²) < 4.78 is 31.8. The summed E-state index contributed by atoms with van der Waals surface area (Å²) >= 11 is 0. The number of nitrogens with one attached hydrogen (secondary N) is 2. The van der Waals surface area contributed by atoms with E-state index in [1.165, 1.54) is 18.4 Å². The zero-order valence-electron chi connectivity index (χ0n) is 13.2. The van der Waals surface area contributed by atoms with Crippen LogP contribution in [0.3, 0.4) is 0 Å². The lowest BCUT2D eigenvalue weighted by molar-refractivity contribution is 0.196. The summed E-state index contributed by atoms with van der Waals surface area (Å²) in [7, 11) is -1.80. The Morgan fingerprint density at radius 1 is 1.23 bits per heavy atom. The van der Waals surface area contributed by atoms with E-state index >= 15 is 0 Å². The first-order chi connectivity index (χ1) is 10.6. The van der Waals surface area contributed by atoms with Gasteiger partial charge in [-0.3, -0.25) is 0 Å². The van der Waals surface area contributed by atoms with Gasteiger partial charge in [0.05, 0.1) is 4.90 Å². The summed E-state index contributed by atoms with van der Waals surface area (Å²) in [5.74, 6) is 0.705. The number of piperidine rings is 1. The van der Waals surface area contributed by atoms with Gasteiger partial charge in [-0.25, -0.2) is 13.1 Å². The van der Waals surface area contributed by atoms with Gasteiger partial charge in [-0.15, -0.1) is 0 Å². The maximum absolute atomic E-state index is 12.1. The van der Waals surface area contributed by atoms with Crippen molar-refractivity contribution in [3.8, 4) is 0 Å². The second kappa shape index (κ2) is 8.62. The van der Waals surface area contributed by atoms with Crippen LogP contribution in [0, 0.1) is 5.92 Å². The summed E-state index contributed by atoms with van der Waals surface area (Å²) in [5.41, 5.74) is 1.21. The Hall–Kier alpha value is -0.950. The highest BCUT2D eigenvalue weighted by Gasteiger charge is 2.15. The molecule has 2 N–H and O–H groups in total. The lowest BCUT2D eigenvalue weighted by Crippen LogP contribution is -2.28. The molecule has 0 atom stereocenters. The molecule has 0 amide bonds. The number of benzene rings is 1. The van der Waals surface area contributed by atoms with E-state index in [1.54, 1.807) is 19.2 Å². The van der Waals surface area contributed by atoms with Crippen molar-refractivity contribution in [3.63, 3.8) is 0 Å². The zero-order chi connectivity index (χ0) is 15.8. The van der Waals surface area contributed by atoms with E-state index in [2.05, 4.69) is 10.0 Å². The monoisotopic (exact) mass is 326 g/mol. The van der Waals surface area contributed by atoms with E-state index in [-0.39, 0.29) is 0 Å². The minimum atomic E-state index is -3.41. The van der Waals surface area contributed by atoms with Crippen LogP contribution in [0.25, 0.3) is 0 Å². The number of hydrogen-bond acceptors (Lipinski definition) is 4. The van der Waals surface area contributed by atoms with Gasteiger partial charge in [-0.2, -0.15) is 0 Å². The second-order valence-electron chi connectivity index (χ2n) is 5.79. The van der Waals surface area contributed by atoms with Crippen molar-refractivity contribution in [2.45, 2.75) is 30.6 Å². The molecular weight excluding hydrogens is 300 g/mol. The summed E-state index contributed by atoms with van der Waals surface area (Å²) in [6.45, 7) is 3.12. The molecule has 1 heterocycles. The highest BCUT2D eigenvalue weighted by molar-refractivity contribution is 7.89. The highest BCUT2D eigenvalue weighted by Crippen LogP contribution is 2.19. The summed E-state index contributed by atoms with van der Waals surface area (Å²) in [5, 5.41) is 3.36. The first-order valence-corrected chi connectivity index (χ1v) is 9.38. The molecule has 0 saturated carbocycles. The van der Waals surface area contributed by atoms with Crippen LogP contribution in [-0.2, 0) is 21.2 Å². The standard InChI is InChI=1S/C16H26N2O3S/c1-21-12-2-9-18-22(19,20)16-5-3-14(4-6-16)13-15-7-10-17-11-8-15/h3-6,15,17-18H,2,7-13H2,1H3. The molecule has 1 aromatic rings. The van der Waals surface area contributed by atoms with E-state index in [9.17, 15) is 8.42 Å². The molecule has 0 bridgehead atoms. The Bertz CT molecular complexity index is 537. The van der Waals surface area contributed by atoms with Crippen molar-refractivity contribution in [2.75, 3.05) is 33.4 Å². The molecule has 0 aliphatic carbocycles. The number of methoxy groups -OCH3 is 1. The average molecular weight is 326 g/mol. The van der Waals surface area contributed by atoms with Gasteiger partial charge in [0.25, 0.3) is 0 Å². The molecule has 1 fully saturated rings. The quantitative estimate of drug-likeness (QED) is 0.711. The third-order valence-electron chi connectivity index (χ3n) is 4.03. The number of hydrogen-bond donors (Lipinski definition) is 2. The van der Waals surface area contributed by atoms with Crippen molar-refractivity contribution in [2.24, 2.45) is 5.92 Å². The van der Waals surface area contributed by atoms with Gasteiger partial charge in [0.2, 0.25) is 10.0 Å². The molecule has 22 heavy (non-hydrogen) atoms. The van der Waals surface area contributed by atoms with Crippen molar-refractivity contribution >= 4 is 10.0 Å². The molecule has 124 valence electrons. The van der Waals surface area contributed by atoms with Gasteiger partial charge in [-0.05, 0) is 62.4 Å². The van der Waals surface area contributed by atoms with Gasteiger partial charge in [-0.1, -0.05) is 12.1 Å². The third kappa shape index (κ3) is 5.35. The molecule has 0 unspecified atom stereocenters. The summed E-state index contributed by atoms with van der Waals surface area (Å²) in [6.07, 6.45) is 4.09. The van der Waals surface area contributed by atoms with E-state index < -0.39 is 10.0 Å². The molecule has 1 aliphatic heterocycles. The summed E-state index contributed by atoms with van der Waals surface area (Å²) in [4.78, 5) is 0.332. The smallest absolute Gasteiger partial charge is 0.240 e. The van der Waals surface area contributed by atoms with Gasteiger partial charge in [0, 0.05) is 20.3 Å². The Kier molecular flexibility index (Phi) is 6.82. The van der Waals surface area contributed by atoms with Crippen LogP contribution in [0.4, 0.5) is 0 Å². The topological polar surface area (TPSA) is 67.4 Å². The number of rotatable bonds is 8. The van der Waals surface area contributed by atoms with Gasteiger partial charge >= 0.3 is 0 Å². The first-order valence-electron chi connectivity index (χ1n) is 7.90. The minimum Gasteiger partial charge on any atom is -0.385 e. The molecule has 0 radical (unpaired) electrons. The number of ether oxygens (including phenoxy) is 1. The highest BCUT2D eigenvalue weighted by atomic mass is 32.2. The van der Waals surface area contributed by atoms with Gasteiger partial charge in [0.15, 0.2) is 0 Å². The first kappa shape index (κ1) is 17.4. The fraction of sp³-hybridized carbons (Fsp3) is 0.625. The van der Waals surface area contributed by atoms with Crippen LogP contribution in [0.1, 0.15) is 24.8 Å². The van der Waals surface area contributed by atoms with Crippen LogP contribution in [0.15, 0.2) is 29.2 Å². The molecule has 0 aromatic heterocycles. The zero-order valence-corrected chi connectivity index (χ0v) is 14.0. The predicted octanol–water partition coefficient (Wildman–Crippen LogP) is 1.54. The maximum Gasteiger partial charge on any atom is 0.240 e. The van der Waals surface area contributed by atoms with Crippen LogP contribution in [0.5, 0.6) is 0 Å². The molecule has 1 aliphatic rings. The minimum absolute atomic E-state index is 0.332. The Labute approximate surface area is 133 Å². The predicted molar refractivity (Wildman–Crippen MR) is 87.4 cm³/mol. The van der Waals surface area contributed by atoms with Crippen molar-refractivity contribution < 1.29 is 13.2 Å². The molecule has 5 nitrogen and oxygen atoms in total. The Balaban J connectivity index is 1.89. The molecule has 2 rings (SSSR count). The van der Waals surface area contributed by atoms with Crippen LogP contribution in [0.2, 0.25) is 0 Å². The average Bonchev–Trinajstić information content (AvgIpc) is 2.53. The fourth-order valence-electron chi connectivity index (χ4n) is 2.73. The SMILES string of the molecule is COCCCNS(=O)(=O)c1ccc(CC2CCNCC2)cc1. The van der Waals surface area contributed by atoms with Crippen LogP contribution < -0.4 is 10.0 Å². The molecule has 0 spiro atoms. The number of sulfonamides is 1. The Morgan fingerprint density at radius 3 is 2.55 bits per heavy atom.